The van der Waals surface area contributed by atoms with E-state index in [1.54, 1.807) is 6.20 Å². The minimum Gasteiger partial charge on any atom is -0.370 e. The van der Waals surface area contributed by atoms with Crippen molar-refractivity contribution >= 4 is 45.6 Å². The average molecular weight is 522 g/mol. The second-order valence-electron chi connectivity index (χ2n) is 9.22. The average Bonchev–Trinajstić information content (AvgIpc) is 3.04. The van der Waals surface area contributed by atoms with Crippen LogP contribution in [0.15, 0.2) is 24.4 Å². The molecule has 0 saturated heterocycles. The Hall–Kier alpha value is -2.14. The zero-order valence-corrected chi connectivity index (χ0v) is 22.1. The van der Waals surface area contributed by atoms with Crippen molar-refractivity contribution in [3.05, 3.63) is 35.0 Å². The molecule has 3 N–H and O–H groups in total. The SMILES string of the molecule is CCN1CCN(CC)c2cc(Nc3ncc(Cl)c(N[C@@H]4CCCC[C@@H]4CN[SH](=O)=O)n3)ccc2C1. The summed E-state index contributed by atoms with van der Waals surface area (Å²) < 4.78 is 24.6. The van der Waals surface area contributed by atoms with Gasteiger partial charge in [0.1, 0.15) is 5.02 Å². The molecule has 1 saturated carbocycles. The zero-order valence-electron chi connectivity index (χ0n) is 20.5. The Morgan fingerprint density at radius 3 is 2.74 bits per heavy atom. The van der Waals surface area contributed by atoms with Crippen molar-refractivity contribution in [2.24, 2.45) is 5.92 Å². The molecule has 2 aliphatic rings. The summed E-state index contributed by atoms with van der Waals surface area (Å²) in [5, 5.41) is 7.25. The van der Waals surface area contributed by atoms with Crippen molar-refractivity contribution in [3.8, 4) is 0 Å². The molecule has 1 aliphatic heterocycles. The first-order valence-electron chi connectivity index (χ1n) is 12.5. The number of halogens is 1. The van der Waals surface area contributed by atoms with Crippen molar-refractivity contribution < 1.29 is 8.42 Å². The van der Waals surface area contributed by atoms with E-state index in [4.69, 9.17) is 11.6 Å². The first-order chi connectivity index (χ1) is 17.0. The fourth-order valence-electron chi connectivity index (χ4n) is 5.04. The molecule has 0 spiro atoms. The van der Waals surface area contributed by atoms with Gasteiger partial charge in [-0.05, 0) is 49.9 Å². The monoisotopic (exact) mass is 521 g/mol. The van der Waals surface area contributed by atoms with Crippen molar-refractivity contribution in [2.45, 2.75) is 52.1 Å². The topological polar surface area (TPSA) is 102 Å². The molecule has 1 aromatic carbocycles. The lowest BCUT2D eigenvalue weighted by atomic mass is 9.84. The van der Waals surface area contributed by atoms with Crippen LogP contribution < -0.4 is 20.3 Å². The van der Waals surface area contributed by atoms with Crippen LogP contribution >= 0.6 is 11.6 Å². The number of benzene rings is 1. The first-order valence-corrected chi connectivity index (χ1v) is 14.1. The molecule has 35 heavy (non-hydrogen) atoms. The molecule has 0 bridgehead atoms. The highest BCUT2D eigenvalue weighted by Gasteiger charge is 2.26. The van der Waals surface area contributed by atoms with Crippen LogP contribution in [0.5, 0.6) is 0 Å². The summed E-state index contributed by atoms with van der Waals surface area (Å²) >= 11 is 6.43. The van der Waals surface area contributed by atoms with Gasteiger partial charge in [-0.3, -0.25) is 4.90 Å². The number of nitrogens with one attached hydrogen (secondary N) is 3. The van der Waals surface area contributed by atoms with E-state index in [-0.39, 0.29) is 12.0 Å². The van der Waals surface area contributed by atoms with Crippen LogP contribution in [0.2, 0.25) is 5.02 Å². The maximum absolute atomic E-state index is 11.0. The van der Waals surface area contributed by atoms with E-state index in [2.05, 4.69) is 67.2 Å². The summed E-state index contributed by atoms with van der Waals surface area (Å²) in [6.07, 6.45) is 5.68. The Morgan fingerprint density at radius 2 is 1.97 bits per heavy atom. The largest absolute Gasteiger partial charge is 0.370 e. The summed E-state index contributed by atoms with van der Waals surface area (Å²) in [6.45, 7) is 9.82. The number of thiol groups is 1. The minimum atomic E-state index is -2.60. The van der Waals surface area contributed by atoms with Gasteiger partial charge in [0.15, 0.2) is 5.82 Å². The quantitative estimate of drug-likeness (QED) is 0.371. The number of hydrogen-bond donors (Lipinski definition) is 4. The lowest BCUT2D eigenvalue weighted by Crippen LogP contribution is -2.38. The van der Waals surface area contributed by atoms with E-state index in [0.717, 1.165) is 64.1 Å². The fraction of sp³-hybridized carbons (Fsp3) is 0.583. The van der Waals surface area contributed by atoms with Gasteiger partial charge in [0.25, 0.3) is 0 Å². The predicted molar refractivity (Wildman–Crippen MR) is 143 cm³/mol. The fourth-order valence-corrected chi connectivity index (χ4v) is 5.57. The van der Waals surface area contributed by atoms with E-state index in [1.807, 2.05) is 0 Å². The van der Waals surface area contributed by atoms with E-state index in [0.29, 0.717) is 23.3 Å². The van der Waals surface area contributed by atoms with Gasteiger partial charge >= 0.3 is 0 Å². The van der Waals surface area contributed by atoms with Crippen LogP contribution in [0.3, 0.4) is 0 Å². The molecule has 2 atom stereocenters. The smallest absolute Gasteiger partial charge is 0.229 e. The summed E-state index contributed by atoms with van der Waals surface area (Å²) in [7, 11) is -2.60. The molecular weight excluding hydrogens is 486 g/mol. The molecule has 0 unspecified atom stereocenters. The zero-order chi connectivity index (χ0) is 24.8. The maximum Gasteiger partial charge on any atom is 0.229 e. The molecule has 192 valence electrons. The molecule has 1 aliphatic carbocycles. The Kier molecular flexibility index (Phi) is 9.04. The molecule has 1 fully saturated rings. The van der Waals surface area contributed by atoms with Gasteiger partial charge in [-0.1, -0.05) is 37.4 Å². The van der Waals surface area contributed by atoms with Crippen LogP contribution in [0.4, 0.5) is 23.1 Å². The molecule has 0 radical (unpaired) electrons. The third-order valence-corrected chi connectivity index (χ3v) is 7.77. The van der Waals surface area contributed by atoms with Crippen LogP contribution in [-0.2, 0) is 17.4 Å². The van der Waals surface area contributed by atoms with E-state index in [9.17, 15) is 8.42 Å². The number of anilines is 4. The van der Waals surface area contributed by atoms with Crippen molar-refractivity contribution in [2.75, 3.05) is 48.3 Å². The highest BCUT2D eigenvalue weighted by atomic mass is 35.5. The Bertz CT molecular complexity index is 1080. The summed E-state index contributed by atoms with van der Waals surface area (Å²) in [5.41, 5.74) is 3.50. The molecule has 4 rings (SSSR count). The molecule has 9 nitrogen and oxygen atoms in total. The first kappa shape index (κ1) is 25.9. The number of fused-ring (bicyclic) bond motifs is 1. The van der Waals surface area contributed by atoms with Gasteiger partial charge in [0, 0.05) is 50.1 Å². The normalized spacial score (nSPS) is 21.0. The second kappa shape index (κ2) is 12.2. The van der Waals surface area contributed by atoms with Crippen molar-refractivity contribution in [1.82, 2.24) is 19.6 Å². The number of hydrogen-bond acceptors (Lipinski definition) is 8. The third-order valence-electron chi connectivity index (χ3n) is 7.05. The highest BCUT2D eigenvalue weighted by Crippen LogP contribution is 2.31. The van der Waals surface area contributed by atoms with E-state index >= 15 is 0 Å². The molecular formula is C24H36ClN7O2S. The van der Waals surface area contributed by atoms with Gasteiger partial charge in [-0.25, -0.2) is 18.1 Å². The lowest BCUT2D eigenvalue weighted by molar-refractivity contribution is 0.293. The van der Waals surface area contributed by atoms with Crippen LogP contribution in [0.1, 0.15) is 45.1 Å². The number of rotatable bonds is 9. The van der Waals surface area contributed by atoms with Crippen molar-refractivity contribution in [3.63, 3.8) is 0 Å². The summed E-state index contributed by atoms with van der Waals surface area (Å²) in [5.74, 6) is 1.22. The maximum atomic E-state index is 11.0. The van der Waals surface area contributed by atoms with E-state index < -0.39 is 10.9 Å². The van der Waals surface area contributed by atoms with Crippen LogP contribution in [-0.4, -0.2) is 62.1 Å². The van der Waals surface area contributed by atoms with Gasteiger partial charge < -0.3 is 15.5 Å². The van der Waals surface area contributed by atoms with Gasteiger partial charge in [-0.2, -0.15) is 4.98 Å². The summed E-state index contributed by atoms with van der Waals surface area (Å²) in [6, 6.07) is 6.53. The molecule has 11 heteroatoms. The van der Waals surface area contributed by atoms with Gasteiger partial charge in [-0.15, -0.1) is 0 Å². The lowest BCUT2D eigenvalue weighted by Gasteiger charge is -2.32. The standard InChI is InChI=1S/C24H36ClN7O2S/c1-3-31-11-12-32(4-2)22-13-19(10-9-18(22)16-31)28-24-26-15-20(25)23(30-24)29-21-8-6-5-7-17(21)14-27-35(33)34/h9-10,13,15,17,21,35H,3-8,11-12,14,16H2,1-2H3,(H,27,33,34)(H2,26,28,29,30)/t17-,21-/m1/s1. The molecule has 2 heterocycles. The molecule has 0 amide bonds. The summed E-state index contributed by atoms with van der Waals surface area (Å²) in [4.78, 5) is 13.9. The van der Waals surface area contributed by atoms with Crippen molar-refractivity contribution in [1.29, 1.82) is 0 Å². The van der Waals surface area contributed by atoms with Gasteiger partial charge in [0.05, 0.1) is 6.20 Å². The Balaban J connectivity index is 1.50. The van der Waals surface area contributed by atoms with Crippen LogP contribution in [0.25, 0.3) is 0 Å². The number of nitrogens with zero attached hydrogens (tertiary/aromatic N) is 4. The van der Waals surface area contributed by atoms with Gasteiger partial charge in [0.2, 0.25) is 16.8 Å². The third kappa shape index (κ3) is 6.75. The predicted octanol–water partition coefficient (Wildman–Crippen LogP) is 3.62. The molecule has 2 aromatic rings. The second-order valence-corrected chi connectivity index (χ2v) is 10.5. The molecule has 1 aromatic heterocycles. The van der Waals surface area contributed by atoms with E-state index in [1.165, 1.54) is 11.3 Å². The Labute approximate surface area is 214 Å². The highest BCUT2D eigenvalue weighted by molar-refractivity contribution is 7.70. The van der Waals surface area contributed by atoms with Crippen LogP contribution in [0, 0.1) is 5.92 Å². The number of aromatic nitrogens is 2. The minimum absolute atomic E-state index is 0.0959. The Morgan fingerprint density at radius 1 is 1.14 bits per heavy atom. The number of likely N-dealkylation sites (N-methyl/N-ethyl adjacent to an activating group) is 2.